The van der Waals surface area contributed by atoms with Crippen molar-refractivity contribution in [2.24, 2.45) is 4.99 Å². The summed E-state index contributed by atoms with van der Waals surface area (Å²) in [4.78, 5) is 13.0. The normalized spacial score (nSPS) is 19.9. The van der Waals surface area contributed by atoms with Crippen LogP contribution in [0.4, 0.5) is 21.6 Å². The number of nitrogens with one attached hydrogen (secondary N) is 2. The number of aromatic nitrogens is 2. The number of anilines is 3. The van der Waals surface area contributed by atoms with Crippen LogP contribution in [0.1, 0.15) is 12.8 Å². The number of hydrogen-bond acceptors (Lipinski definition) is 9. The lowest BCUT2D eigenvalue weighted by Gasteiger charge is -2.16. The Morgan fingerprint density at radius 2 is 1.90 bits per heavy atom. The first-order valence-corrected chi connectivity index (χ1v) is 12.7. The number of ether oxygens (including phenoxy) is 2. The molecule has 0 saturated heterocycles. The zero-order valence-corrected chi connectivity index (χ0v) is 21.7. The quantitative estimate of drug-likeness (QED) is 0.307. The topological polar surface area (TPSA) is 121 Å². The fraction of sp³-hybridized carbons (Fsp3) is 0.250. The van der Waals surface area contributed by atoms with Gasteiger partial charge in [0, 0.05) is 16.8 Å². The zero-order chi connectivity index (χ0) is 27.2. The number of fused-ring (bicyclic) bond motifs is 1. The summed E-state index contributed by atoms with van der Waals surface area (Å²) in [6.45, 7) is -0.215. The highest BCUT2D eigenvalue weighted by Crippen LogP contribution is 2.32. The van der Waals surface area contributed by atoms with E-state index in [0.717, 1.165) is 16.5 Å². The first-order chi connectivity index (χ1) is 19.0. The molecule has 2 aliphatic rings. The van der Waals surface area contributed by atoms with E-state index in [4.69, 9.17) is 21.1 Å². The Bertz CT molecular complexity index is 1490. The number of aliphatic hydroxyl groups excluding tert-OH is 2. The highest BCUT2D eigenvalue weighted by atomic mass is 35.5. The highest BCUT2D eigenvalue weighted by molar-refractivity contribution is 6.32. The molecule has 0 fully saturated rings. The van der Waals surface area contributed by atoms with Gasteiger partial charge in [-0.3, -0.25) is 0 Å². The number of aliphatic hydroxyl groups is 2. The number of amidine groups is 1. The Balaban J connectivity index is 1.29. The van der Waals surface area contributed by atoms with Crippen molar-refractivity contribution in [2.75, 3.05) is 37.1 Å². The maximum atomic E-state index is 13.3. The van der Waals surface area contributed by atoms with Crippen LogP contribution < -0.4 is 15.4 Å². The molecular formula is C28H27ClFN5O4. The Labute approximate surface area is 229 Å². The van der Waals surface area contributed by atoms with E-state index in [1.807, 2.05) is 30.3 Å². The summed E-state index contributed by atoms with van der Waals surface area (Å²) in [6.07, 6.45) is 9.31. The lowest BCUT2D eigenvalue weighted by atomic mass is 10.1. The van der Waals surface area contributed by atoms with E-state index in [0.29, 0.717) is 47.4 Å². The molecule has 0 spiro atoms. The third-order valence-corrected chi connectivity index (χ3v) is 6.59. The molecule has 5 rings (SSSR count). The maximum absolute atomic E-state index is 13.3. The summed E-state index contributed by atoms with van der Waals surface area (Å²) in [7, 11) is 0. The minimum Gasteiger partial charge on any atom is -0.488 e. The number of allylic oxidation sites excluding steroid dienone is 5. The van der Waals surface area contributed by atoms with Gasteiger partial charge < -0.3 is 30.3 Å². The Morgan fingerprint density at radius 3 is 2.69 bits per heavy atom. The van der Waals surface area contributed by atoms with Crippen molar-refractivity contribution in [2.45, 2.75) is 18.4 Å². The molecule has 0 unspecified atom stereocenters. The molecule has 0 amide bonds. The van der Waals surface area contributed by atoms with Gasteiger partial charge in [-0.25, -0.2) is 19.4 Å². The summed E-state index contributed by atoms with van der Waals surface area (Å²) in [5.74, 6) is 0.870. The summed E-state index contributed by atoms with van der Waals surface area (Å²) in [5, 5.41) is 26.6. The molecule has 4 N–H and O–H groups in total. The van der Waals surface area contributed by atoms with E-state index < -0.39 is 5.54 Å². The van der Waals surface area contributed by atoms with Crippen molar-refractivity contribution in [3.8, 4) is 5.75 Å². The van der Waals surface area contributed by atoms with Crippen molar-refractivity contribution in [1.82, 2.24) is 9.97 Å². The van der Waals surface area contributed by atoms with E-state index in [9.17, 15) is 14.6 Å². The minimum absolute atomic E-state index is 0.0816. The second-order valence-corrected chi connectivity index (χ2v) is 9.60. The lowest BCUT2D eigenvalue weighted by Crippen LogP contribution is -2.37. The lowest BCUT2D eigenvalue weighted by molar-refractivity contribution is 0.0976. The van der Waals surface area contributed by atoms with Crippen LogP contribution in [0.2, 0.25) is 5.02 Å². The SMILES string of the molecule is OCC1(CO)COC(Nc2ccc3ncnc(Nc4ccc(OC/C5=C/C=C\C(F)=C\CC5)c(Cl)c4)c3c2)=N1. The van der Waals surface area contributed by atoms with Crippen molar-refractivity contribution in [3.63, 3.8) is 0 Å². The zero-order valence-electron chi connectivity index (χ0n) is 20.9. The maximum Gasteiger partial charge on any atom is 0.290 e. The van der Waals surface area contributed by atoms with E-state index in [-0.39, 0.29) is 31.7 Å². The molecule has 0 bridgehead atoms. The molecule has 0 radical (unpaired) electrons. The average molecular weight is 552 g/mol. The van der Waals surface area contributed by atoms with Crippen molar-refractivity contribution >= 4 is 45.7 Å². The number of nitrogens with zero attached hydrogens (tertiary/aromatic N) is 3. The second-order valence-electron chi connectivity index (χ2n) is 9.20. The summed E-state index contributed by atoms with van der Waals surface area (Å²) in [5.41, 5.74) is 2.08. The van der Waals surface area contributed by atoms with Crippen molar-refractivity contribution in [3.05, 3.63) is 83.5 Å². The van der Waals surface area contributed by atoms with Gasteiger partial charge in [0.1, 0.15) is 42.5 Å². The number of halogens is 2. The predicted molar refractivity (Wildman–Crippen MR) is 149 cm³/mol. The van der Waals surface area contributed by atoms with Crippen LogP contribution in [0.3, 0.4) is 0 Å². The van der Waals surface area contributed by atoms with Gasteiger partial charge in [-0.15, -0.1) is 0 Å². The first kappa shape index (κ1) is 26.6. The molecule has 2 aromatic carbocycles. The number of rotatable bonds is 8. The smallest absolute Gasteiger partial charge is 0.290 e. The average Bonchev–Trinajstić information content (AvgIpc) is 3.34. The number of hydrogen-bond donors (Lipinski definition) is 4. The molecule has 0 saturated carbocycles. The molecule has 202 valence electrons. The summed E-state index contributed by atoms with van der Waals surface area (Å²) >= 11 is 6.51. The Morgan fingerprint density at radius 1 is 1.08 bits per heavy atom. The van der Waals surface area contributed by atoms with Crippen molar-refractivity contribution in [1.29, 1.82) is 0 Å². The van der Waals surface area contributed by atoms with Gasteiger partial charge in [-0.2, -0.15) is 0 Å². The molecule has 1 aliphatic carbocycles. The third kappa shape index (κ3) is 6.36. The third-order valence-electron chi connectivity index (χ3n) is 6.29. The predicted octanol–water partition coefficient (Wildman–Crippen LogP) is 5.06. The highest BCUT2D eigenvalue weighted by Gasteiger charge is 2.35. The molecule has 39 heavy (non-hydrogen) atoms. The first-order valence-electron chi connectivity index (χ1n) is 12.3. The van der Waals surface area contributed by atoms with Crippen molar-refractivity contribution < 1.29 is 24.1 Å². The van der Waals surface area contributed by atoms with E-state index in [1.54, 1.807) is 24.3 Å². The van der Waals surface area contributed by atoms with Crippen LogP contribution in [0.15, 0.2) is 83.4 Å². The van der Waals surface area contributed by atoms with Gasteiger partial charge >= 0.3 is 0 Å². The second kappa shape index (κ2) is 11.8. The number of aliphatic imine (C=N–C) groups is 1. The molecule has 9 nitrogen and oxygen atoms in total. The standard InChI is InChI=1S/C28H27ClFN5O4/c29-23-12-21(8-10-25(23)38-13-18-3-1-5-19(30)6-2-4-18)33-26-22-11-20(7-9-24(22)31-17-32-26)34-27-35-28(14-36,15-37)16-39-27/h1,3,5-12,17,36-37H,2,4,13-16H2,(H,34,35)(H,31,32,33)/b5-1-,18-3+,19-6-. The molecule has 1 aliphatic heterocycles. The van der Waals surface area contributed by atoms with Gasteiger partial charge in [0.05, 0.1) is 23.8 Å². The minimum atomic E-state index is -1.05. The Hall–Kier alpha value is -3.99. The monoisotopic (exact) mass is 551 g/mol. The summed E-state index contributed by atoms with van der Waals surface area (Å²) in [6, 6.07) is 11.1. The van der Waals surface area contributed by atoms with Gasteiger partial charge in [0.15, 0.2) is 0 Å². The van der Waals surface area contributed by atoms with E-state index in [2.05, 4.69) is 25.6 Å². The van der Waals surface area contributed by atoms with Crippen LogP contribution in [-0.4, -0.2) is 58.2 Å². The molecule has 3 aromatic rings. The molecule has 0 atom stereocenters. The van der Waals surface area contributed by atoms with E-state index in [1.165, 1.54) is 12.4 Å². The fourth-order valence-corrected chi connectivity index (χ4v) is 4.30. The Kier molecular flexibility index (Phi) is 8.06. The molecule has 1 aromatic heterocycles. The molecule has 2 heterocycles. The van der Waals surface area contributed by atoms with Crippen LogP contribution in [0.5, 0.6) is 5.75 Å². The van der Waals surface area contributed by atoms with Gasteiger partial charge in [-0.1, -0.05) is 23.8 Å². The van der Waals surface area contributed by atoms with Crippen LogP contribution >= 0.6 is 11.6 Å². The van der Waals surface area contributed by atoms with Crippen LogP contribution in [-0.2, 0) is 4.74 Å². The van der Waals surface area contributed by atoms with Crippen LogP contribution in [0, 0.1) is 0 Å². The van der Waals surface area contributed by atoms with Gasteiger partial charge in [-0.05, 0) is 67.0 Å². The summed E-state index contributed by atoms with van der Waals surface area (Å²) < 4.78 is 24.8. The van der Waals surface area contributed by atoms with E-state index >= 15 is 0 Å². The van der Waals surface area contributed by atoms with Gasteiger partial charge in [0.25, 0.3) is 6.02 Å². The molecule has 11 heteroatoms. The largest absolute Gasteiger partial charge is 0.488 e. The van der Waals surface area contributed by atoms with Gasteiger partial charge in [0.2, 0.25) is 0 Å². The number of benzene rings is 2. The fourth-order valence-electron chi connectivity index (χ4n) is 4.06. The molecular weight excluding hydrogens is 525 g/mol. The van der Waals surface area contributed by atoms with Crippen LogP contribution in [0.25, 0.3) is 10.9 Å².